The maximum absolute atomic E-state index is 11.6. The molecule has 0 amide bonds. The van der Waals surface area contributed by atoms with Gasteiger partial charge in [-0.2, -0.15) is 0 Å². The number of hydrogen-bond acceptors (Lipinski definition) is 4. The second kappa shape index (κ2) is 10.4. The highest BCUT2D eigenvalue weighted by Gasteiger charge is 2.27. The summed E-state index contributed by atoms with van der Waals surface area (Å²) in [5, 5.41) is 0. The highest BCUT2D eigenvalue weighted by atomic mass is 16.5. The Morgan fingerprint density at radius 2 is 0.917 bits per heavy atom. The molecule has 0 spiro atoms. The molecule has 0 saturated heterocycles. The summed E-state index contributed by atoms with van der Waals surface area (Å²) in [4.78, 5) is 23.2. The van der Waals surface area contributed by atoms with Crippen molar-refractivity contribution >= 4 is 11.9 Å². The molecule has 0 saturated carbocycles. The van der Waals surface area contributed by atoms with Gasteiger partial charge in [-0.05, 0) is 59.4 Å². The van der Waals surface area contributed by atoms with Gasteiger partial charge in [0.05, 0.1) is 0 Å². The molecule has 0 radical (unpaired) electrons. The molecule has 0 aromatic heterocycles. The number of benzene rings is 3. The van der Waals surface area contributed by atoms with Crippen LogP contribution in [-0.4, -0.2) is 11.9 Å². The lowest BCUT2D eigenvalue weighted by molar-refractivity contribution is -0.129. The molecule has 3 aromatic carbocycles. The SMILES string of the molecule is C=CC(=O)Oc1ccc(C(C)(C)c2ccc(C(C)(C)c3ccc(OC(=O)C=C)c(C)c3)cc2)cc1C. The third-order valence-corrected chi connectivity index (χ3v) is 6.88. The molecule has 0 unspecified atom stereocenters. The molecule has 3 rings (SSSR count). The summed E-state index contributed by atoms with van der Waals surface area (Å²) in [6, 6.07) is 20.5. The molecule has 0 aliphatic rings. The van der Waals surface area contributed by atoms with Gasteiger partial charge >= 0.3 is 11.9 Å². The molecule has 186 valence electrons. The van der Waals surface area contributed by atoms with Crippen molar-refractivity contribution in [3.05, 3.63) is 119 Å². The topological polar surface area (TPSA) is 52.6 Å². The molecular weight excluding hydrogens is 448 g/mol. The Hall–Kier alpha value is -3.92. The Bertz CT molecular complexity index is 1210. The molecule has 3 aromatic rings. The van der Waals surface area contributed by atoms with E-state index in [-0.39, 0.29) is 10.8 Å². The van der Waals surface area contributed by atoms with Crippen molar-refractivity contribution in [3.63, 3.8) is 0 Å². The quantitative estimate of drug-likeness (QED) is 0.195. The third-order valence-electron chi connectivity index (χ3n) is 6.88. The highest BCUT2D eigenvalue weighted by molar-refractivity contribution is 5.84. The maximum Gasteiger partial charge on any atom is 0.335 e. The Balaban J connectivity index is 1.87. The van der Waals surface area contributed by atoms with Crippen LogP contribution in [0.3, 0.4) is 0 Å². The molecule has 0 aliphatic heterocycles. The van der Waals surface area contributed by atoms with E-state index in [0.717, 1.165) is 34.4 Å². The zero-order chi connectivity index (χ0) is 26.7. The van der Waals surface area contributed by atoms with Crippen LogP contribution in [0.25, 0.3) is 0 Å². The summed E-state index contributed by atoms with van der Waals surface area (Å²) in [6.07, 6.45) is 2.32. The lowest BCUT2D eigenvalue weighted by Gasteiger charge is -2.30. The van der Waals surface area contributed by atoms with Gasteiger partial charge in [0.1, 0.15) is 11.5 Å². The monoisotopic (exact) mass is 482 g/mol. The number of hydrogen-bond donors (Lipinski definition) is 0. The van der Waals surface area contributed by atoms with E-state index in [9.17, 15) is 9.59 Å². The summed E-state index contributed by atoms with van der Waals surface area (Å²) < 4.78 is 10.6. The summed E-state index contributed by atoms with van der Waals surface area (Å²) in [6.45, 7) is 19.5. The van der Waals surface area contributed by atoms with E-state index < -0.39 is 11.9 Å². The van der Waals surface area contributed by atoms with Crippen LogP contribution >= 0.6 is 0 Å². The Morgan fingerprint density at radius 1 is 0.611 bits per heavy atom. The van der Waals surface area contributed by atoms with E-state index in [1.165, 1.54) is 11.1 Å². The van der Waals surface area contributed by atoms with Crippen LogP contribution in [-0.2, 0) is 20.4 Å². The molecule has 0 fully saturated rings. The number of esters is 2. The van der Waals surface area contributed by atoms with Gasteiger partial charge in [-0.1, -0.05) is 89.4 Å². The van der Waals surface area contributed by atoms with E-state index in [4.69, 9.17) is 9.47 Å². The Kier molecular flexibility index (Phi) is 7.68. The first-order valence-corrected chi connectivity index (χ1v) is 11.9. The lowest BCUT2D eigenvalue weighted by atomic mass is 9.74. The molecule has 0 heterocycles. The van der Waals surface area contributed by atoms with Crippen molar-refractivity contribution in [1.29, 1.82) is 0 Å². The van der Waals surface area contributed by atoms with Crippen molar-refractivity contribution in [2.45, 2.75) is 52.4 Å². The maximum atomic E-state index is 11.6. The zero-order valence-electron chi connectivity index (χ0n) is 22.0. The summed E-state index contributed by atoms with van der Waals surface area (Å²) in [5.74, 6) is 0.145. The van der Waals surface area contributed by atoms with Crippen molar-refractivity contribution in [3.8, 4) is 11.5 Å². The predicted octanol–water partition coefficient (Wildman–Crippen LogP) is 7.14. The number of carbonyl (C=O) groups excluding carboxylic acids is 2. The van der Waals surface area contributed by atoms with Gasteiger partial charge in [0.25, 0.3) is 0 Å². The van der Waals surface area contributed by atoms with Crippen molar-refractivity contribution in [1.82, 2.24) is 0 Å². The first kappa shape index (κ1) is 26.7. The van der Waals surface area contributed by atoms with Crippen LogP contribution in [0.15, 0.2) is 86.0 Å². The molecule has 0 aliphatic carbocycles. The standard InChI is InChI=1S/C32H34O4/c1-9-29(33)35-27-17-15-25(19-21(27)3)31(5,6)23-11-13-24(14-12-23)32(7,8)26-16-18-28(22(4)20-26)36-30(34)10-2/h9-20H,1-2H2,3-8H3. The second-order valence-corrected chi connectivity index (χ2v) is 10.0. The fourth-order valence-electron chi connectivity index (χ4n) is 4.24. The minimum Gasteiger partial charge on any atom is -0.423 e. The minimum atomic E-state index is -0.467. The van der Waals surface area contributed by atoms with Gasteiger partial charge in [0, 0.05) is 23.0 Å². The molecule has 0 N–H and O–H groups in total. The first-order valence-electron chi connectivity index (χ1n) is 11.9. The smallest absolute Gasteiger partial charge is 0.335 e. The van der Waals surface area contributed by atoms with Crippen LogP contribution in [0.4, 0.5) is 0 Å². The molecule has 4 nitrogen and oxygen atoms in total. The number of carbonyl (C=O) groups is 2. The van der Waals surface area contributed by atoms with Gasteiger partial charge in [-0.25, -0.2) is 9.59 Å². The van der Waals surface area contributed by atoms with Crippen LogP contribution in [0.1, 0.15) is 61.1 Å². The third kappa shape index (κ3) is 5.49. The van der Waals surface area contributed by atoms with Crippen LogP contribution < -0.4 is 9.47 Å². The van der Waals surface area contributed by atoms with Gasteiger partial charge < -0.3 is 9.47 Å². The lowest BCUT2D eigenvalue weighted by Crippen LogP contribution is -2.22. The van der Waals surface area contributed by atoms with Crippen molar-refractivity contribution in [2.24, 2.45) is 0 Å². The predicted molar refractivity (Wildman–Crippen MR) is 145 cm³/mol. The Morgan fingerprint density at radius 3 is 1.19 bits per heavy atom. The van der Waals surface area contributed by atoms with Crippen molar-refractivity contribution in [2.75, 3.05) is 0 Å². The summed E-state index contributed by atoms with van der Waals surface area (Å²) in [7, 11) is 0. The fraction of sp³-hybridized carbons (Fsp3) is 0.250. The van der Waals surface area contributed by atoms with Crippen LogP contribution in [0, 0.1) is 13.8 Å². The van der Waals surface area contributed by atoms with Gasteiger partial charge in [-0.15, -0.1) is 0 Å². The van der Waals surface area contributed by atoms with Crippen LogP contribution in [0.5, 0.6) is 11.5 Å². The summed E-state index contributed by atoms with van der Waals surface area (Å²) in [5.41, 5.74) is 5.91. The van der Waals surface area contributed by atoms with Gasteiger partial charge in [-0.3, -0.25) is 0 Å². The normalized spacial score (nSPS) is 11.5. The first-order chi connectivity index (χ1) is 16.9. The molecule has 4 heteroatoms. The van der Waals surface area contributed by atoms with E-state index in [1.807, 2.05) is 38.1 Å². The average Bonchev–Trinajstić information content (AvgIpc) is 2.86. The second-order valence-electron chi connectivity index (χ2n) is 10.0. The Labute approximate surface area is 214 Å². The molecule has 0 atom stereocenters. The summed E-state index contributed by atoms with van der Waals surface area (Å²) >= 11 is 0. The zero-order valence-corrected chi connectivity index (χ0v) is 22.0. The largest absolute Gasteiger partial charge is 0.423 e. The van der Waals surface area contributed by atoms with Gasteiger partial charge in [0.2, 0.25) is 0 Å². The molecular formula is C32H34O4. The van der Waals surface area contributed by atoms with Crippen LogP contribution in [0.2, 0.25) is 0 Å². The fourth-order valence-corrected chi connectivity index (χ4v) is 4.24. The number of ether oxygens (including phenoxy) is 2. The highest BCUT2D eigenvalue weighted by Crippen LogP contribution is 2.37. The molecule has 36 heavy (non-hydrogen) atoms. The van der Waals surface area contributed by atoms with E-state index in [1.54, 1.807) is 0 Å². The molecule has 0 bridgehead atoms. The number of rotatable bonds is 8. The average molecular weight is 483 g/mol. The van der Waals surface area contributed by atoms with E-state index in [0.29, 0.717) is 11.5 Å². The number of aryl methyl sites for hydroxylation is 2. The van der Waals surface area contributed by atoms with Gasteiger partial charge in [0.15, 0.2) is 0 Å². The van der Waals surface area contributed by atoms with E-state index >= 15 is 0 Å². The minimum absolute atomic E-state index is 0.248. The van der Waals surface area contributed by atoms with E-state index in [2.05, 4.69) is 77.3 Å². The van der Waals surface area contributed by atoms with Crippen molar-refractivity contribution < 1.29 is 19.1 Å².